The van der Waals surface area contributed by atoms with Crippen LogP contribution < -0.4 is 14.8 Å². The number of carbonyl (C=O) groups excluding carboxylic acids is 1. The Morgan fingerprint density at radius 2 is 1.83 bits per heavy atom. The zero-order valence-corrected chi connectivity index (χ0v) is 12.7. The Morgan fingerprint density at radius 3 is 2.43 bits per heavy atom. The van der Waals surface area contributed by atoms with Crippen molar-refractivity contribution in [2.45, 2.75) is 12.2 Å². The first kappa shape index (κ1) is 15.4. The van der Waals surface area contributed by atoms with Crippen LogP contribution in [0.15, 0.2) is 30.4 Å². The third-order valence-electron chi connectivity index (χ3n) is 4.15. The third-order valence-corrected chi connectivity index (χ3v) is 4.15. The van der Waals surface area contributed by atoms with Gasteiger partial charge in [-0.15, -0.1) is 0 Å². The molecular weight excluding hydrogens is 302 g/mol. The van der Waals surface area contributed by atoms with Crippen LogP contribution in [0.4, 0.5) is 5.69 Å². The summed E-state index contributed by atoms with van der Waals surface area (Å²) in [4.78, 5) is 24.0. The van der Waals surface area contributed by atoms with Gasteiger partial charge in [-0.05, 0) is 12.1 Å². The largest absolute Gasteiger partial charge is 0.497 e. The number of methoxy groups -OCH3 is 2. The van der Waals surface area contributed by atoms with Crippen molar-refractivity contribution in [1.82, 2.24) is 0 Å². The number of carbonyl (C=O) groups is 2. The lowest BCUT2D eigenvalue weighted by Gasteiger charge is -2.21. The molecule has 23 heavy (non-hydrogen) atoms. The van der Waals surface area contributed by atoms with Gasteiger partial charge in [0.05, 0.1) is 38.0 Å². The summed E-state index contributed by atoms with van der Waals surface area (Å²) < 4.78 is 15.9. The summed E-state index contributed by atoms with van der Waals surface area (Å²) in [5.41, 5.74) is 0.424. The minimum absolute atomic E-state index is 0.416. The van der Waals surface area contributed by atoms with Gasteiger partial charge in [0.15, 0.2) is 0 Å². The predicted octanol–water partition coefficient (Wildman–Crippen LogP) is 1.30. The number of aliphatic carboxylic acids is 1. The Bertz CT molecular complexity index is 671. The van der Waals surface area contributed by atoms with E-state index in [9.17, 15) is 14.7 Å². The van der Waals surface area contributed by atoms with Crippen LogP contribution in [0.1, 0.15) is 0 Å². The molecule has 3 rings (SSSR count). The highest BCUT2D eigenvalue weighted by atomic mass is 16.5. The second-order valence-corrected chi connectivity index (χ2v) is 5.40. The summed E-state index contributed by atoms with van der Waals surface area (Å²) in [6, 6.07) is 4.99. The third kappa shape index (κ3) is 2.63. The van der Waals surface area contributed by atoms with Gasteiger partial charge in [0.25, 0.3) is 0 Å². The molecule has 2 aliphatic heterocycles. The number of carboxylic acid groups (broad SMARTS) is 1. The summed E-state index contributed by atoms with van der Waals surface area (Å²) in [6.07, 6.45) is 2.36. The molecule has 1 aromatic rings. The molecule has 4 atom stereocenters. The minimum Gasteiger partial charge on any atom is -0.497 e. The number of ether oxygens (including phenoxy) is 3. The zero-order chi connectivity index (χ0) is 16.6. The number of carboxylic acids is 1. The zero-order valence-electron chi connectivity index (χ0n) is 12.7. The molecule has 2 bridgehead atoms. The number of nitrogens with one attached hydrogen (secondary N) is 1. The molecule has 2 aliphatic rings. The molecule has 2 N–H and O–H groups in total. The summed E-state index contributed by atoms with van der Waals surface area (Å²) in [5, 5.41) is 12.1. The van der Waals surface area contributed by atoms with Crippen molar-refractivity contribution in [3.05, 3.63) is 30.4 Å². The molecular formula is C16H17NO6. The topological polar surface area (TPSA) is 94.1 Å². The maximum absolute atomic E-state index is 12.6. The lowest BCUT2D eigenvalue weighted by Crippen LogP contribution is -2.39. The molecule has 0 saturated carbocycles. The van der Waals surface area contributed by atoms with Gasteiger partial charge in [0.1, 0.15) is 17.4 Å². The van der Waals surface area contributed by atoms with Gasteiger partial charge in [0, 0.05) is 6.07 Å². The monoisotopic (exact) mass is 319 g/mol. The molecule has 1 aromatic carbocycles. The number of rotatable bonds is 5. The SMILES string of the molecule is COc1ccc(OC)c(NC(=O)[C@@H]2[C@@H](C(=O)O)[C@@H]3C=C[C@H]2O3)c1. The molecule has 0 radical (unpaired) electrons. The lowest BCUT2D eigenvalue weighted by atomic mass is 9.82. The Kier molecular flexibility index (Phi) is 3.96. The fourth-order valence-electron chi connectivity index (χ4n) is 3.04. The first-order valence-corrected chi connectivity index (χ1v) is 7.14. The van der Waals surface area contributed by atoms with E-state index in [-0.39, 0.29) is 0 Å². The van der Waals surface area contributed by atoms with Crippen molar-refractivity contribution in [1.29, 1.82) is 0 Å². The van der Waals surface area contributed by atoms with Crippen molar-refractivity contribution in [2.24, 2.45) is 11.8 Å². The van der Waals surface area contributed by atoms with Crippen molar-refractivity contribution in [3.63, 3.8) is 0 Å². The first-order valence-electron chi connectivity index (χ1n) is 7.14. The molecule has 0 aromatic heterocycles. The lowest BCUT2D eigenvalue weighted by molar-refractivity contribution is -0.145. The Labute approximate surface area is 132 Å². The molecule has 1 saturated heterocycles. The second kappa shape index (κ2) is 5.92. The van der Waals surface area contributed by atoms with Crippen LogP contribution in [0.3, 0.4) is 0 Å². The van der Waals surface area contributed by atoms with E-state index in [1.807, 2.05) is 0 Å². The van der Waals surface area contributed by atoms with Gasteiger partial charge in [-0.2, -0.15) is 0 Å². The minimum atomic E-state index is -1.04. The molecule has 7 nitrogen and oxygen atoms in total. The van der Waals surface area contributed by atoms with Crippen LogP contribution in [0.2, 0.25) is 0 Å². The normalized spacial score (nSPS) is 27.7. The summed E-state index contributed by atoms with van der Waals surface area (Å²) in [6.45, 7) is 0. The average Bonchev–Trinajstić information content (AvgIpc) is 3.15. The van der Waals surface area contributed by atoms with E-state index in [0.717, 1.165) is 0 Å². The van der Waals surface area contributed by atoms with E-state index in [4.69, 9.17) is 14.2 Å². The van der Waals surface area contributed by atoms with Gasteiger partial charge in [-0.3, -0.25) is 9.59 Å². The van der Waals surface area contributed by atoms with Crippen LogP contribution >= 0.6 is 0 Å². The van der Waals surface area contributed by atoms with Crippen LogP contribution in [-0.2, 0) is 14.3 Å². The van der Waals surface area contributed by atoms with E-state index in [1.165, 1.54) is 14.2 Å². The van der Waals surface area contributed by atoms with Crippen LogP contribution in [0.5, 0.6) is 11.5 Å². The molecule has 0 aliphatic carbocycles. The number of fused-ring (bicyclic) bond motifs is 2. The van der Waals surface area contributed by atoms with Crippen LogP contribution in [0, 0.1) is 11.8 Å². The Balaban J connectivity index is 1.84. The second-order valence-electron chi connectivity index (χ2n) is 5.40. The van der Waals surface area contributed by atoms with Crippen LogP contribution in [-0.4, -0.2) is 43.4 Å². The smallest absolute Gasteiger partial charge is 0.310 e. The highest BCUT2D eigenvalue weighted by Crippen LogP contribution is 2.40. The van der Waals surface area contributed by atoms with Crippen molar-refractivity contribution >= 4 is 17.6 Å². The summed E-state index contributed by atoms with van der Waals surface area (Å²) in [5.74, 6) is -2.11. The standard InChI is InChI=1S/C16H17NO6/c1-21-8-3-4-10(22-2)9(7-8)17-15(18)13-11-5-6-12(23-11)14(13)16(19)20/h3-7,11-14H,1-2H3,(H,17,18)(H,19,20)/t11-,12+,13+,14+/m1/s1. The molecule has 0 spiro atoms. The van der Waals surface area contributed by atoms with Crippen molar-refractivity contribution in [3.8, 4) is 11.5 Å². The van der Waals surface area contributed by atoms with E-state index >= 15 is 0 Å². The molecule has 1 fully saturated rings. The maximum atomic E-state index is 12.6. The van der Waals surface area contributed by atoms with Crippen LogP contribution in [0.25, 0.3) is 0 Å². The highest BCUT2D eigenvalue weighted by molar-refractivity contribution is 5.97. The molecule has 0 unspecified atom stereocenters. The summed E-state index contributed by atoms with van der Waals surface area (Å²) in [7, 11) is 3.00. The first-order chi connectivity index (χ1) is 11.0. The van der Waals surface area contributed by atoms with E-state index in [1.54, 1.807) is 30.4 Å². The van der Waals surface area contributed by atoms with Crippen molar-refractivity contribution in [2.75, 3.05) is 19.5 Å². The van der Waals surface area contributed by atoms with Gasteiger partial charge >= 0.3 is 5.97 Å². The van der Waals surface area contributed by atoms with Gasteiger partial charge in [-0.1, -0.05) is 12.2 Å². The fraction of sp³-hybridized carbons (Fsp3) is 0.375. The van der Waals surface area contributed by atoms with Gasteiger partial charge < -0.3 is 24.6 Å². The molecule has 2 heterocycles. The molecule has 7 heteroatoms. The number of hydrogen-bond acceptors (Lipinski definition) is 5. The Morgan fingerprint density at radius 1 is 1.13 bits per heavy atom. The predicted molar refractivity (Wildman–Crippen MR) is 80.6 cm³/mol. The van der Waals surface area contributed by atoms with E-state index < -0.39 is 35.9 Å². The fourth-order valence-corrected chi connectivity index (χ4v) is 3.04. The number of anilines is 1. The van der Waals surface area contributed by atoms with Gasteiger partial charge in [0.2, 0.25) is 5.91 Å². The van der Waals surface area contributed by atoms with E-state index in [2.05, 4.69) is 5.32 Å². The number of hydrogen-bond donors (Lipinski definition) is 2. The molecule has 122 valence electrons. The average molecular weight is 319 g/mol. The maximum Gasteiger partial charge on any atom is 0.310 e. The highest BCUT2D eigenvalue weighted by Gasteiger charge is 2.53. The number of amides is 1. The Hall–Kier alpha value is -2.54. The van der Waals surface area contributed by atoms with Gasteiger partial charge in [-0.25, -0.2) is 0 Å². The number of benzene rings is 1. The van der Waals surface area contributed by atoms with Crippen molar-refractivity contribution < 1.29 is 28.9 Å². The molecule has 1 amide bonds. The van der Waals surface area contributed by atoms with E-state index in [0.29, 0.717) is 17.2 Å². The quantitative estimate of drug-likeness (QED) is 0.795. The summed E-state index contributed by atoms with van der Waals surface area (Å²) >= 11 is 0.